The van der Waals surface area contributed by atoms with Crippen LogP contribution in [-0.4, -0.2) is 22.4 Å². The van der Waals surface area contributed by atoms with Gasteiger partial charge in [-0.1, -0.05) is 12.1 Å². The van der Waals surface area contributed by atoms with Crippen molar-refractivity contribution in [3.63, 3.8) is 0 Å². The highest BCUT2D eigenvalue weighted by atomic mass is 16.3. The van der Waals surface area contributed by atoms with Crippen LogP contribution in [0.3, 0.4) is 0 Å². The van der Waals surface area contributed by atoms with Crippen molar-refractivity contribution in [1.82, 2.24) is 0 Å². The number of rotatable bonds is 5. The van der Waals surface area contributed by atoms with Crippen LogP contribution in [0.4, 0.5) is 5.69 Å². The van der Waals surface area contributed by atoms with E-state index in [2.05, 4.69) is 10.2 Å². The zero-order valence-electron chi connectivity index (χ0n) is 9.67. The Hall–Kier alpha value is -1.77. The highest BCUT2D eigenvalue weighted by molar-refractivity contribution is 5.39. The van der Waals surface area contributed by atoms with E-state index in [4.69, 9.17) is 15.5 Å². The molecule has 0 aromatic heterocycles. The number of aliphatic hydroxyl groups is 2. The number of hydrogen-bond acceptors (Lipinski definition) is 5. The third kappa shape index (κ3) is 3.94. The van der Waals surface area contributed by atoms with Crippen LogP contribution in [0.1, 0.15) is 18.9 Å². The highest BCUT2D eigenvalue weighted by Crippen LogP contribution is 2.20. The van der Waals surface area contributed by atoms with Crippen molar-refractivity contribution >= 4 is 5.69 Å². The summed E-state index contributed by atoms with van der Waals surface area (Å²) in [7, 11) is 0. The van der Waals surface area contributed by atoms with Crippen LogP contribution < -0.4 is 0 Å². The molecule has 1 aromatic rings. The van der Waals surface area contributed by atoms with Crippen LogP contribution in [0.5, 0.6) is 0 Å². The van der Waals surface area contributed by atoms with Gasteiger partial charge in [-0.25, -0.2) is 0 Å². The number of azo groups is 1. The minimum absolute atomic E-state index is 0.0600. The van der Waals surface area contributed by atoms with Gasteiger partial charge < -0.3 is 10.2 Å². The monoisotopic (exact) mass is 233 g/mol. The molecule has 90 valence electrons. The molecule has 0 bridgehead atoms. The number of aliphatic hydroxyl groups excluding tert-OH is 2. The fourth-order valence-electron chi connectivity index (χ4n) is 1.23. The quantitative estimate of drug-likeness (QED) is 0.761. The summed E-state index contributed by atoms with van der Waals surface area (Å²) in [6.45, 7) is 1.44. The molecule has 0 aliphatic carbocycles. The van der Waals surface area contributed by atoms with Gasteiger partial charge in [0.1, 0.15) is 0 Å². The van der Waals surface area contributed by atoms with Crippen LogP contribution in [0.15, 0.2) is 34.5 Å². The first-order chi connectivity index (χ1) is 8.13. The van der Waals surface area contributed by atoms with Gasteiger partial charge in [0, 0.05) is 13.0 Å². The molecule has 0 radical (unpaired) electrons. The third-order valence-corrected chi connectivity index (χ3v) is 2.32. The summed E-state index contributed by atoms with van der Waals surface area (Å²) >= 11 is 0. The van der Waals surface area contributed by atoms with E-state index in [0.717, 1.165) is 5.56 Å². The van der Waals surface area contributed by atoms with Gasteiger partial charge in [-0.05, 0) is 24.6 Å². The van der Waals surface area contributed by atoms with Gasteiger partial charge in [-0.15, -0.1) is 0 Å². The Morgan fingerprint density at radius 2 is 2.18 bits per heavy atom. The average Bonchev–Trinajstić information content (AvgIpc) is 2.37. The van der Waals surface area contributed by atoms with E-state index in [0.29, 0.717) is 5.69 Å². The second kappa shape index (κ2) is 6.09. The molecule has 0 amide bonds. The van der Waals surface area contributed by atoms with E-state index in [1.54, 1.807) is 31.2 Å². The van der Waals surface area contributed by atoms with E-state index in [9.17, 15) is 0 Å². The molecule has 0 fully saturated rings. The van der Waals surface area contributed by atoms with Gasteiger partial charge in [0.05, 0.1) is 18.4 Å². The molecule has 2 N–H and O–H groups in total. The first kappa shape index (κ1) is 13.3. The largest absolute Gasteiger partial charge is 0.396 e. The minimum Gasteiger partial charge on any atom is -0.396 e. The van der Waals surface area contributed by atoms with Crippen molar-refractivity contribution < 1.29 is 10.2 Å². The van der Waals surface area contributed by atoms with Crippen LogP contribution in [-0.2, 0) is 6.61 Å². The molecule has 5 nitrogen and oxygen atoms in total. The van der Waals surface area contributed by atoms with Gasteiger partial charge in [-0.3, -0.25) is 0 Å². The SMILES string of the molecule is CC(C#N)(CCO)N=Nc1cccc(CO)c1. The number of hydrogen-bond donors (Lipinski definition) is 2. The van der Waals surface area contributed by atoms with Gasteiger partial charge in [-0.2, -0.15) is 15.5 Å². The molecule has 1 atom stereocenters. The van der Waals surface area contributed by atoms with Gasteiger partial charge >= 0.3 is 0 Å². The standard InChI is InChI=1S/C12H15N3O2/c1-12(9-13,5-6-16)15-14-11-4-2-3-10(7-11)8-17/h2-4,7,16-17H,5-6,8H2,1H3. The lowest BCUT2D eigenvalue weighted by molar-refractivity contribution is 0.263. The summed E-state index contributed by atoms with van der Waals surface area (Å²) in [6, 6.07) is 8.97. The minimum atomic E-state index is -1.01. The fraction of sp³-hybridized carbons (Fsp3) is 0.417. The fourth-order valence-corrected chi connectivity index (χ4v) is 1.23. The number of nitriles is 1. The zero-order chi connectivity index (χ0) is 12.7. The second-order valence-electron chi connectivity index (χ2n) is 3.89. The highest BCUT2D eigenvalue weighted by Gasteiger charge is 2.22. The molecule has 0 aliphatic rings. The summed E-state index contributed by atoms with van der Waals surface area (Å²) in [6.07, 6.45) is 0.243. The average molecular weight is 233 g/mol. The lowest BCUT2D eigenvalue weighted by atomic mass is 10.0. The van der Waals surface area contributed by atoms with E-state index in [1.807, 2.05) is 6.07 Å². The first-order valence-corrected chi connectivity index (χ1v) is 5.28. The molecule has 0 saturated carbocycles. The summed E-state index contributed by atoms with van der Waals surface area (Å²) in [5, 5.41) is 34.6. The first-order valence-electron chi connectivity index (χ1n) is 5.28. The Labute approximate surface area is 100 Å². The van der Waals surface area contributed by atoms with Gasteiger partial charge in [0.15, 0.2) is 5.54 Å². The maximum absolute atomic E-state index is 8.96. The maximum Gasteiger partial charge on any atom is 0.167 e. The van der Waals surface area contributed by atoms with Crippen molar-refractivity contribution in [3.8, 4) is 6.07 Å². The molecule has 1 rings (SSSR count). The molecule has 0 spiro atoms. The normalized spacial score (nSPS) is 14.5. The molecular formula is C12H15N3O2. The Balaban J connectivity index is 2.85. The molecule has 0 aliphatic heterocycles. The number of benzene rings is 1. The summed E-state index contributed by atoms with van der Waals surface area (Å²) in [4.78, 5) is 0. The van der Waals surface area contributed by atoms with Gasteiger partial charge in [0.25, 0.3) is 0 Å². The molecular weight excluding hydrogens is 218 g/mol. The smallest absolute Gasteiger partial charge is 0.167 e. The van der Waals surface area contributed by atoms with Crippen molar-refractivity contribution in [2.75, 3.05) is 6.61 Å². The molecule has 0 saturated heterocycles. The van der Waals surface area contributed by atoms with Gasteiger partial charge in [0.2, 0.25) is 0 Å². The van der Waals surface area contributed by atoms with Crippen molar-refractivity contribution in [1.29, 1.82) is 5.26 Å². The number of nitrogens with zero attached hydrogens (tertiary/aromatic N) is 3. The van der Waals surface area contributed by atoms with Crippen molar-refractivity contribution in [2.24, 2.45) is 10.2 Å². The molecule has 1 unspecified atom stereocenters. The topological polar surface area (TPSA) is 89.0 Å². The molecule has 1 aromatic carbocycles. The predicted octanol–water partition coefficient (Wildman–Crippen LogP) is 1.93. The second-order valence-corrected chi connectivity index (χ2v) is 3.89. The lowest BCUT2D eigenvalue weighted by Gasteiger charge is -2.12. The van der Waals surface area contributed by atoms with E-state index in [1.165, 1.54) is 0 Å². The van der Waals surface area contributed by atoms with Crippen LogP contribution >= 0.6 is 0 Å². The molecule has 17 heavy (non-hydrogen) atoms. The Morgan fingerprint density at radius 3 is 2.76 bits per heavy atom. The summed E-state index contributed by atoms with van der Waals surface area (Å²) in [5.74, 6) is 0. The molecule has 5 heteroatoms. The maximum atomic E-state index is 8.96. The summed E-state index contributed by atoms with van der Waals surface area (Å²) in [5.41, 5.74) is 0.308. The molecule has 0 heterocycles. The van der Waals surface area contributed by atoms with Crippen molar-refractivity contribution in [2.45, 2.75) is 25.5 Å². The van der Waals surface area contributed by atoms with E-state index in [-0.39, 0.29) is 19.6 Å². The van der Waals surface area contributed by atoms with E-state index < -0.39 is 5.54 Å². The lowest BCUT2D eigenvalue weighted by Crippen LogP contribution is -2.20. The van der Waals surface area contributed by atoms with Crippen LogP contribution in [0.25, 0.3) is 0 Å². The predicted molar refractivity (Wildman–Crippen MR) is 62.6 cm³/mol. The third-order valence-electron chi connectivity index (χ3n) is 2.32. The Morgan fingerprint density at radius 1 is 1.41 bits per heavy atom. The Bertz CT molecular complexity index is 440. The van der Waals surface area contributed by atoms with E-state index >= 15 is 0 Å². The van der Waals surface area contributed by atoms with Crippen molar-refractivity contribution in [3.05, 3.63) is 29.8 Å². The zero-order valence-corrected chi connectivity index (χ0v) is 9.67. The van der Waals surface area contributed by atoms with Crippen LogP contribution in [0.2, 0.25) is 0 Å². The summed E-state index contributed by atoms with van der Waals surface area (Å²) < 4.78 is 0. The Kier molecular flexibility index (Phi) is 4.76. The van der Waals surface area contributed by atoms with Crippen LogP contribution in [0, 0.1) is 11.3 Å².